The van der Waals surface area contributed by atoms with Crippen molar-refractivity contribution in [3.8, 4) is 0 Å². The van der Waals surface area contributed by atoms with Crippen LogP contribution in [0.2, 0.25) is 0 Å². The Labute approximate surface area is 114 Å². The highest BCUT2D eigenvalue weighted by Crippen LogP contribution is 2.19. The minimum atomic E-state index is -0.290. The number of thiol groups is 1. The summed E-state index contributed by atoms with van der Waals surface area (Å²) in [5, 5.41) is 1.81. The first-order chi connectivity index (χ1) is 8.56. The Morgan fingerprint density at radius 3 is 2.83 bits per heavy atom. The van der Waals surface area contributed by atoms with Gasteiger partial charge in [-0.25, -0.2) is 4.39 Å². The minimum Gasteiger partial charge on any atom is -0.337 e. The van der Waals surface area contributed by atoms with Gasteiger partial charge in [0.05, 0.1) is 4.88 Å². The van der Waals surface area contributed by atoms with E-state index < -0.39 is 0 Å². The first-order valence-electron chi connectivity index (χ1n) is 5.33. The highest BCUT2D eigenvalue weighted by Gasteiger charge is 2.14. The summed E-state index contributed by atoms with van der Waals surface area (Å²) in [6.45, 7) is 0.385. The summed E-state index contributed by atoms with van der Waals surface area (Å²) >= 11 is 5.53. The molecule has 0 saturated carbocycles. The number of hydrogen-bond donors (Lipinski definition) is 1. The molecular formula is C13H12FNOS2. The predicted octanol–water partition coefficient (Wildman–Crippen LogP) is 3.45. The van der Waals surface area contributed by atoms with Gasteiger partial charge in [-0.15, -0.1) is 24.0 Å². The fraction of sp³-hybridized carbons (Fsp3) is 0.154. The molecule has 0 radical (unpaired) electrons. The van der Waals surface area contributed by atoms with Crippen LogP contribution in [0.25, 0.3) is 0 Å². The maximum atomic E-state index is 13.0. The van der Waals surface area contributed by atoms with Gasteiger partial charge in [-0.1, -0.05) is 12.1 Å². The van der Waals surface area contributed by atoms with Gasteiger partial charge in [-0.2, -0.15) is 0 Å². The number of carbonyl (C=O) groups excluding carboxylic acids is 1. The molecule has 0 spiro atoms. The zero-order valence-electron chi connectivity index (χ0n) is 9.76. The van der Waals surface area contributed by atoms with Gasteiger partial charge in [0.1, 0.15) is 5.82 Å². The van der Waals surface area contributed by atoms with E-state index >= 15 is 0 Å². The molecule has 0 aliphatic rings. The van der Waals surface area contributed by atoms with Crippen molar-refractivity contribution in [1.82, 2.24) is 4.90 Å². The molecule has 0 aliphatic carbocycles. The molecule has 0 aliphatic heterocycles. The molecule has 18 heavy (non-hydrogen) atoms. The molecule has 0 N–H and O–H groups in total. The maximum Gasteiger partial charge on any atom is 0.264 e. The van der Waals surface area contributed by atoms with Crippen LogP contribution < -0.4 is 0 Å². The third-order valence-electron chi connectivity index (χ3n) is 2.45. The van der Waals surface area contributed by atoms with Gasteiger partial charge < -0.3 is 4.90 Å². The normalized spacial score (nSPS) is 10.4. The Morgan fingerprint density at radius 2 is 2.22 bits per heavy atom. The maximum absolute atomic E-state index is 13.0. The second kappa shape index (κ2) is 5.54. The van der Waals surface area contributed by atoms with Crippen LogP contribution in [-0.4, -0.2) is 17.9 Å². The van der Waals surface area contributed by atoms with E-state index in [1.54, 1.807) is 30.1 Å². The molecule has 1 amide bonds. The van der Waals surface area contributed by atoms with Crippen LogP contribution >= 0.6 is 24.0 Å². The average Bonchev–Trinajstić information content (AvgIpc) is 2.75. The molecule has 1 aromatic heterocycles. The summed E-state index contributed by atoms with van der Waals surface area (Å²) in [7, 11) is 1.70. The second-order valence-corrected chi connectivity index (χ2v) is 5.39. The molecule has 0 bridgehead atoms. The van der Waals surface area contributed by atoms with E-state index in [0.29, 0.717) is 11.4 Å². The van der Waals surface area contributed by atoms with Crippen molar-refractivity contribution < 1.29 is 9.18 Å². The topological polar surface area (TPSA) is 20.3 Å². The van der Waals surface area contributed by atoms with Crippen molar-refractivity contribution in [3.05, 3.63) is 52.0 Å². The van der Waals surface area contributed by atoms with E-state index in [-0.39, 0.29) is 11.7 Å². The molecule has 94 valence electrons. The van der Waals surface area contributed by atoms with Gasteiger partial charge in [-0.05, 0) is 23.8 Å². The lowest BCUT2D eigenvalue weighted by atomic mass is 10.2. The first-order valence-corrected chi connectivity index (χ1v) is 6.66. The van der Waals surface area contributed by atoms with Crippen LogP contribution in [-0.2, 0) is 6.54 Å². The number of halogens is 1. The van der Waals surface area contributed by atoms with Crippen molar-refractivity contribution in [2.75, 3.05) is 7.05 Å². The van der Waals surface area contributed by atoms with Crippen molar-refractivity contribution in [2.45, 2.75) is 11.4 Å². The Bertz CT molecular complexity index is 568. The SMILES string of the molecule is CN(Cc1cccc(F)c1)C(=O)c1cc(S)cs1. The van der Waals surface area contributed by atoms with Crippen molar-refractivity contribution in [1.29, 1.82) is 0 Å². The zero-order chi connectivity index (χ0) is 13.1. The number of thiophene rings is 1. The van der Waals surface area contributed by atoms with E-state index in [1.807, 2.05) is 5.38 Å². The quantitative estimate of drug-likeness (QED) is 0.854. The number of carbonyl (C=O) groups is 1. The molecule has 1 aromatic carbocycles. The highest BCUT2D eigenvalue weighted by molar-refractivity contribution is 7.80. The zero-order valence-corrected chi connectivity index (χ0v) is 11.5. The summed E-state index contributed by atoms with van der Waals surface area (Å²) in [6.07, 6.45) is 0. The molecule has 1 heterocycles. The van der Waals surface area contributed by atoms with Gasteiger partial charge in [0.25, 0.3) is 5.91 Å². The minimum absolute atomic E-state index is 0.0791. The standard InChI is InChI=1S/C13H12FNOS2/c1-15(7-9-3-2-4-10(14)5-9)13(16)12-6-11(17)8-18-12/h2-6,8,17H,7H2,1H3. The van der Waals surface area contributed by atoms with Crippen LogP contribution in [0.4, 0.5) is 4.39 Å². The van der Waals surface area contributed by atoms with Gasteiger partial charge in [0.2, 0.25) is 0 Å². The summed E-state index contributed by atoms with van der Waals surface area (Å²) in [4.78, 5) is 15.0. The van der Waals surface area contributed by atoms with E-state index in [0.717, 1.165) is 10.5 Å². The highest BCUT2D eigenvalue weighted by atomic mass is 32.1. The molecule has 0 fully saturated rings. The molecule has 5 heteroatoms. The van der Waals surface area contributed by atoms with Crippen LogP contribution in [0.3, 0.4) is 0 Å². The van der Waals surface area contributed by atoms with Crippen molar-refractivity contribution >= 4 is 29.9 Å². The van der Waals surface area contributed by atoms with Crippen LogP contribution in [0.5, 0.6) is 0 Å². The Kier molecular flexibility index (Phi) is 4.04. The molecule has 0 unspecified atom stereocenters. The van der Waals surface area contributed by atoms with Crippen molar-refractivity contribution in [3.63, 3.8) is 0 Å². The fourth-order valence-corrected chi connectivity index (χ4v) is 2.75. The second-order valence-electron chi connectivity index (χ2n) is 3.96. The monoisotopic (exact) mass is 281 g/mol. The number of hydrogen-bond acceptors (Lipinski definition) is 3. The first kappa shape index (κ1) is 13.1. The van der Waals surface area contributed by atoms with Gasteiger partial charge in [0, 0.05) is 23.9 Å². The van der Waals surface area contributed by atoms with E-state index in [2.05, 4.69) is 12.6 Å². The lowest BCUT2D eigenvalue weighted by Crippen LogP contribution is -2.25. The molecule has 2 nitrogen and oxygen atoms in total. The smallest absolute Gasteiger partial charge is 0.264 e. The summed E-state index contributed by atoms with van der Waals surface area (Å²) < 4.78 is 13.0. The number of benzene rings is 1. The number of nitrogens with zero attached hydrogens (tertiary/aromatic N) is 1. The summed E-state index contributed by atoms with van der Waals surface area (Å²) in [6, 6.07) is 7.99. The van der Waals surface area contributed by atoms with Gasteiger partial charge in [-0.3, -0.25) is 4.79 Å². The Hall–Kier alpha value is -1.33. The number of rotatable bonds is 3. The third kappa shape index (κ3) is 3.11. The lowest BCUT2D eigenvalue weighted by molar-refractivity contribution is 0.0789. The summed E-state index contributed by atoms with van der Waals surface area (Å²) in [5.41, 5.74) is 0.772. The van der Waals surface area contributed by atoms with E-state index in [1.165, 1.54) is 23.5 Å². The molecule has 0 saturated heterocycles. The van der Waals surface area contributed by atoms with Crippen LogP contribution in [0.15, 0.2) is 40.6 Å². The molecule has 2 aromatic rings. The Morgan fingerprint density at radius 1 is 1.44 bits per heavy atom. The fourth-order valence-electron chi connectivity index (χ4n) is 1.61. The summed E-state index contributed by atoms with van der Waals surface area (Å²) in [5.74, 6) is -0.369. The third-order valence-corrected chi connectivity index (χ3v) is 3.80. The van der Waals surface area contributed by atoms with Gasteiger partial charge >= 0.3 is 0 Å². The Balaban J connectivity index is 2.08. The van der Waals surface area contributed by atoms with Gasteiger partial charge in [0.15, 0.2) is 0 Å². The molecule has 0 atom stereocenters. The molecule has 2 rings (SSSR count). The lowest BCUT2D eigenvalue weighted by Gasteiger charge is -2.16. The predicted molar refractivity (Wildman–Crippen MR) is 73.8 cm³/mol. The molecular weight excluding hydrogens is 269 g/mol. The average molecular weight is 281 g/mol. The van der Waals surface area contributed by atoms with E-state index in [9.17, 15) is 9.18 Å². The van der Waals surface area contributed by atoms with Crippen LogP contribution in [0, 0.1) is 5.82 Å². The number of amides is 1. The van der Waals surface area contributed by atoms with Crippen LogP contribution in [0.1, 0.15) is 15.2 Å². The van der Waals surface area contributed by atoms with E-state index in [4.69, 9.17) is 0 Å². The van der Waals surface area contributed by atoms with Crippen molar-refractivity contribution in [2.24, 2.45) is 0 Å². The largest absolute Gasteiger partial charge is 0.337 e.